The Balaban J connectivity index is -0.0000000160. The predicted octanol–water partition coefficient (Wildman–Crippen LogP) is -3.95. The molecule has 8 heavy (non-hydrogen) atoms. The van der Waals surface area contributed by atoms with Gasteiger partial charge in [0.15, 0.2) is 0 Å². The van der Waals surface area contributed by atoms with Crippen molar-refractivity contribution in [3.8, 4) is 0 Å². The molecule has 0 aliphatic rings. The van der Waals surface area contributed by atoms with E-state index >= 15 is 0 Å². The van der Waals surface area contributed by atoms with E-state index in [1.54, 1.807) is 0 Å². The fraction of sp³-hybridized carbons (Fsp3) is 0. The minimum atomic E-state index is -1.50. The van der Waals surface area contributed by atoms with E-state index in [0.717, 1.165) is 0 Å². The molecule has 0 amide bonds. The van der Waals surface area contributed by atoms with Crippen LogP contribution in [0, 0.1) is 0 Å². The maximum atomic E-state index is 8.57. The molecular formula is H6Al2Ca2O4. The van der Waals surface area contributed by atoms with Gasteiger partial charge in [0.25, 0.3) is 0 Å². The van der Waals surface area contributed by atoms with Crippen LogP contribution in [0.5, 0.6) is 0 Å². The molecule has 0 spiro atoms. The monoisotopic (exact) mass is 204 g/mol. The van der Waals surface area contributed by atoms with Crippen molar-refractivity contribution in [3.05, 3.63) is 0 Å². The second-order valence-electron chi connectivity index (χ2n) is 0.211. The Kier molecular flexibility index (Phi) is 92.5. The molecule has 0 saturated heterocycles. The Morgan fingerprint density at radius 2 is 0.875 bits per heavy atom. The first kappa shape index (κ1) is 22.4. The standard InChI is InChI=1S/2Al.2Ca.2H2O.2O.4H/h;;;;2*1H2;;;;;;/q2*+1;;;;;;;;;;/p-2. The van der Waals surface area contributed by atoms with Gasteiger partial charge in [0.05, 0.1) is 0 Å². The van der Waals surface area contributed by atoms with Gasteiger partial charge in [0.2, 0.25) is 0 Å². The Bertz CT molecular complexity index is 33.0. The molecule has 0 aromatic carbocycles. The molecule has 0 unspecified atom stereocenters. The van der Waals surface area contributed by atoms with Crippen LogP contribution in [0.15, 0.2) is 0 Å². The van der Waals surface area contributed by atoms with Crippen molar-refractivity contribution in [1.82, 2.24) is 0 Å². The summed E-state index contributed by atoms with van der Waals surface area (Å²) >= 11 is -3.00. The Morgan fingerprint density at radius 3 is 0.875 bits per heavy atom. The first-order chi connectivity index (χ1) is 2.83. The fourth-order valence-electron chi connectivity index (χ4n) is 0. The van der Waals surface area contributed by atoms with Crippen LogP contribution in [-0.4, -0.2) is 115 Å². The van der Waals surface area contributed by atoms with Gasteiger partial charge in [-0.25, -0.2) is 0 Å². The Labute approximate surface area is 120 Å². The van der Waals surface area contributed by atoms with Crippen molar-refractivity contribution in [2.45, 2.75) is 0 Å². The zero-order chi connectivity index (χ0) is 5.41. The summed E-state index contributed by atoms with van der Waals surface area (Å²) in [5.41, 5.74) is 0. The SMILES string of the molecule is [CaH2].[CaH2].[O]=[Al][OH].[O]=[Al][OH]. The van der Waals surface area contributed by atoms with Gasteiger partial charge >= 0.3 is 122 Å². The van der Waals surface area contributed by atoms with E-state index in [-0.39, 0.29) is 75.5 Å². The number of hydrogen-bond acceptors (Lipinski definition) is 2. The minimum absolute atomic E-state index is 0. The third kappa shape index (κ3) is 68.7. The van der Waals surface area contributed by atoms with Gasteiger partial charge in [-0.1, -0.05) is 0 Å². The van der Waals surface area contributed by atoms with E-state index in [0.29, 0.717) is 0 Å². The molecule has 0 rings (SSSR count). The van der Waals surface area contributed by atoms with Crippen molar-refractivity contribution in [1.29, 1.82) is 0 Å². The summed E-state index contributed by atoms with van der Waals surface area (Å²) in [5, 5.41) is 0. The summed E-state index contributed by atoms with van der Waals surface area (Å²) in [5.74, 6) is 0. The van der Waals surface area contributed by atoms with Crippen LogP contribution >= 0.6 is 0 Å². The molecule has 0 aliphatic carbocycles. The zero-order valence-corrected chi connectivity index (χ0v) is 5.18. The third-order valence-corrected chi connectivity index (χ3v) is 0. The summed E-state index contributed by atoms with van der Waals surface area (Å²) in [7, 11) is 0. The van der Waals surface area contributed by atoms with Crippen LogP contribution in [0.4, 0.5) is 0 Å². The summed E-state index contributed by atoms with van der Waals surface area (Å²) < 4.78 is 31.3. The molecule has 0 aromatic rings. The second-order valence-corrected chi connectivity index (χ2v) is 0.632. The van der Waals surface area contributed by atoms with Crippen LogP contribution in [0.3, 0.4) is 0 Å². The molecule has 0 heterocycles. The van der Waals surface area contributed by atoms with E-state index in [2.05, 4.69) is 0 Å². The molecule has 0 saturated carbocycles. The molecule has 0 bridgehead atoms. The zero-order valence-electron chi connectivity index (χ0n) is 2.87. The molecule has 0 fully saturated rings. The molecule has 40 valence electrons. The molecular weight excluding hydrogens is 198 g/mol. The van der Waals surface area contributed by atoms with Gasteiger partial charge < -0.3 is 0 Å². The molecule has 0 radical (unpaired) electrons. The quantitative estimate of drug-likeness (QED) is 0.395. The molecule has 0 atom stereocenters. The fourth-order valence-corrected chi connectivity index (χ4v) is 0. The predicted molar refractivity (Wildman–Crippen MR) is 34.4 cm³/mol. The van der Waals surface area contributed by atoms with E-state index in [1.165, 1.54) is 0 Å². The number of hydrogen-bond donors (Lipinski definition) is 2. The Hall–Kier alpha value is 2.78. The van der Waals surface area contributed by atoms with Crippen molar-refractivity contribution in [2.24, 2.45) is 0 Å². The van der Waals surface area contributed by atoms with Gasteiger partial charge in [-0.2, -0.15) is 0 Å². The summed E-state index contributed by atoms with van der Waals surface area (Å²) in [6.07, 6.45) is 0. The van der Waals surface area contributed by atoms with E-state index in [1.807, 2.05) is 0 Å². The van der Waals surface area contributed by atoms with Gasteiger partial charge in [-0.3, -0.25) is 0 Å². The number of rotatable bonds is 0. The summed E-state index contributed by atoms with van der Waals surface area (Å²) in [6, 6.07) is 0. The van der Waals surface area contributed by atoms with Crippen molar-refractivity contribution >= 4 is 106 Å². The van der Waals surface area contributed by atoms with Crippen LogP contribution in [0.2, 0.25) is 0 Å². The van der Waals surface area contributed by atoms with Gasteiger partial charge in [-0.15, -0.1) is 0 Å². The molecule has 0 aromatic heterocycles. The summed E-state index contributed by atoms with van der Waals surface area (Å²) in [6.45, 7) is 0. The van der Waals surface area contributed by atoms with Crippen LogP contribution in [0.25, 0.3) is 0 Å². The summed E-state index contributed by atoms with van der Waals surface area (Å²) in [4.78, 5) is 0. The van der Waals surface area contributed by atoms with E-state index in [4.69, 9.17) is 15.9 Å². The maximum absolute atomic E-state index is 8.57. The Morgan fingerprint density at radius 1 is 0.875 bits per heavy atom. The van der Waals surface area contributed by atoms with E-state index < -0.39 is 31.0 Å². The normalized spacial score (nSPS) is 2.00. The van der Waals surface area contributed by atoms with Crippen molar-refractivity contribution in [3.63, 3.8) is 0 Å². The van der Waals surface area contributed by atoms with Crippen molar-refractivity contribution < 1.29 is 15.9 Å². The van der Waals surface area contributed by atoms with Crippen LogP contribution in [-0.2, 0) is 7.61 Å². The topological polar surface area (TPSA) is 74.6 Å². The average Bonchev–Trinajstić information content (AvgIpc) is 1.39. The van der Waals surface area contributed by atoms with Crippen LogP contribution in [0.1, 0.15) is 0 Å². The molecule has 4 nitrogen and oxygen atoms in total. The van der Waals surface area contributed by atoms with Crippen molar-refractivity contribution in [2.75, 3.05) is 0 Å². The van der Waals surface area contributed by atoms with Gasteiger partial charge in [0.1, 0.15) is 0 Å². The molecule has 8 heteroatoms. The third-order valence-electron chi connectivity index (χ3n) is 0. The second kappa shape index (κ2) is 33.0. The van der Waals surface area contributed by atoms with E-state index in [9.17, 15) is 0 Å². The van der Waals surface area contributed by atoms with Gasteiger partial charge in [0, 0.05) is 0 Å². The van der Waals surface area contributed by atoms with Gasteiger partial charge in [-0.05, 0) is 0 Å². The molecule has 2 N–H and O–H groups in total. The van der Waals surface area contributed by atoms with Crippen LogP contribution < -0.4 is 0 Å². The molecule has 0 aliphatic heterocycles. The average molecular weight is 204 g/mol. The first-order valence-corrected chi connectivity index (χ1v) is 2.96. The first-order valence-electron chi connectivity index (χ1n) is 0.988.